The summed E-state index contributed by atoms with van der Waals surface area (Å²) in [7, 11) is 0. The lowest BCUT2D eigenvalue weighted by atomic mass is 9.86. The number of amides is 1. The Morgan fingerprint density at radius 1 is 1.03 bits per heavy atom. The lowest BCUT2D eigenvalue weighted by molar-refractivity contribution is -0.144. The molecular weight excluding hydrogens is 370 g/mol. The fourth-order valence-electron chi connectivity index (χ4n) is 4.42. The summed E-state index contributed by atoms with van der Waals surface area (Å²) in [6, 6.07) is 16.3. The summed E-state index contributed by atoms with van der Waals surface area (Å²) in [6.07, 6.45) is 0.817. The highest BCUT2D eigenvalue weighted by atomic mass is 16.5. The largest absolute Gasteiger partial charge is 0.481 e. The summed E-state index contributed by atoms with van der Waals surface area (Å²) in [5.41, 5.74) is 4.63. The molecule has 1 atom stereocenters. The van der Waals surface area contributed by atoms with Crippen LogP contribution in [0.2, 0.25) is 0 Å². The SMILES string of the molecule is O=C(NC[C@H](C(=O)O)C1CCOCC1)OCC1c2ccccc2-c2ccccc21. The van der Waals surface area contributed by atoms with E-state index in [0.717, 1.165) is 11.1 Å². The van der Waals surface area contributed by atoms with E-state index in [1.54, 1.807) is 0 Å². The predicted molar refractivity (Wildman–Crippen MR) is 108 cm³/mol. The highest BCUT2D eigenvalue weighted by molar-refractivity contribution is 5.79. The van der Waals surface area contributed by atoms with E-state index in [1.807, 2.05) is 24.3 Å². The van der Waals surface area contributed by atoms with Gasteiger partial charge >= 0.3 is 12.1 Å². The molecule has 1 fully saturated rings. The van der Waals surface area contributed by atoms with Gasteiger partial charge < -0.3 is 19.9 Å². The maximum atomic E-state index is 12.3. The molecule has 6 nitrogen and oxygen atoms in total. The highest BCUT2D eigenvalue weighted by Gasteiger charge is 2.31. The number of benzene rings is 2. The molecule has 1 heterocycles. The van der Waals surface area contributed by atoms with Crippen LogP contribution < -0.4 is 5.32 Å². The van der Waals surface area contributed by atoms with Gasteiger partial charge in [0, 0.05) is 25.7 Å². The Balaban J connectivity index is 1.37. The van der Waals surface area contributed by atoms with Crippen molar-refractivity contribution >= 4 is 12.1 Å². The molecule has 0 radical (unpaired) electrons. The van der Waals surface area contributed by atoms with Crippen LogP contribution in [0.25, 0.3) is 11.1 Å². The van der Waals surface area contributed by atoms with Crippen molar-refractivity contribution in [2.24, 2.45) is 11.8 Å². The zero-order valence-electron chi connectivity index (χ0n) is 16.2. The molecule has 1 amide bonds. The van der Waals surface area contributed by atoms with Gasteiger partial charge in [0.2, 0.25) is 0 Å². The number of ether oxygens (including phenoxy) is 2. The molecular formula is C23H25NO5. The molecule has 2 N–H and O–H groups in total. The maximum absolute atomic E-state index is 12.3. The van der Waals surface area contributed by atoms with Gasteiger partial charge in [-0.1, -0.05) is 48.5 Å². The van der Waals surface area contributed by atoms with Gasteiger partial charge in [-0.25, -0.2) is 4.79 Å². The first kappa shape index (κ1) is 19.5. The average molecular weight is 395 g/mol. The number of carbonyl (C=O) groups excluding carboxylic acids is 1. The molecule has 0 unspecified atom stereocenters. The van der Waals surface area contributed by atoms with Gasteiger partial charge in [0.05, 0.1) is 5.92 Å². The van der Waals surface area contributed by atoms with Gasteiger partial charge in [0.1, 0.15) is 6.61 Å². The molecule has 0 spiro atoms. The first-order valence-electron chi connectivity index (χ1n) is 10.0. The Hall–Kier alpha value is -2.86. The minimum atomic E-state index is -0.893. The van der Waals surface area contributed by atoms with Gasteiger partial charge in [-0.15, -0.1) is 0 Å². The molecule has 0 saturated carbocycles. The molecule has 4 rings (SSSR count). The van der Waals surface area contributed by atoms with Gasteiger partial charge in [0.15, 0.2) is 0 Å². The third kappa shape index (κ3) is 4.12. The van der Waals surface area contributed by atoms with E-state index < -0.39 is 18.0 Å². The molecule has 1 saturated heterocycles. The summed E-state index contributed by atoms with van der Waals surface area (Å²) in [6.45, 7) is 1.42. The van der Waals surface area contributed by atoms with Crippen molar-refractivity contribution in [3.05, 3.63) is 59.7 Å². The molecule has 6 heteroatoms. The fraction of sp³-hybridized carbons (Fsp3) is 0.391. The standard InChI is InChI=1S/C23H25NO5/c25-22(26)20(15-9-11-28-12-10-15)13-24-23(27)29-14-21-18-7-3-1-5-16(18)17-6-2-4-8-19(17)21/h1-8,15,20-21H,9-14H2,(H,24,27)(H,25,26)/t20-/m0/s1. The van der Waals surface area contributed by atoms with E-state index in [1.165, 1.54) is 11.1 Å². The normalized spacial score (nSPS) is 17.2. The van der Waals surface area contributed by atoms with E-state index in [0.29, 0.717) is 26.1 Å². The van der Waals surface area contributed by atoms with Gasteiger partial charge in [-0.05, 0) is 41.0 Å². The second-order valence-corrected chi connectivity index (χ2v) is 7.60. The molecule has 29 heavy (non-hydrogen) atoms. The number of carbonyl (C=O) groups is 2. The van der Waals surface area contributed by atoms with E-state index in [4.69, 9.17) is 9.47 Å². The van der Waals surface area contributed by atoms with Crippen molar-refractivity contribution in [2.75, 3.05) is 26.4 Å². The number of hydrogen-bond donors (Lipinski definition) is 2. The second kappa shape index (κ2) is 8.66. The average Bonchev–Trinajstić information content (AvgIpc) is 3.07. The molecule has 0 aromatic heterocycles. The topological polar surface area (TPSA) is 84.9 Å². The Morgan fingerprint density at radius 3 is 2.21 bits per heavy atom. The van der Waals surface area contributed by atoms with Crippen molar-refractivity contribution in [3.8, 4) is 11.1 Å². The summed E-state index contributed by atoms with van der Waals surface area (Å²) < 4.78 is 10.8. The number of hydrogen-bond acceptors (Lipinski definition) is 4. The highest BCUT2D eigenvalue weighted by Crippen LogP contribution is 2.44. The molecule has 1 aliphatic carbocycles. The predicted octanol–water partition coefficient (Wildman–Crippen LogP) is 3.65. The Morgan fingerprint density at radius 2 is 1.62 bits per heavy atom. The number of aliphatic carboxylic acids is 1. The summed E-state index contributed by atoms with van der Waals surface area (Å²) in [5.74, 6) is -1.52. The maximum Gasteiger partial charge on any atom is 0.407 e. The lowest BCUT2D eigenvalue weighted by Gasteiger charge is -2.27. The number of rotatable bonds is 6. The van der Waals surface area contributed by atoms with E-state index >= 15 is 0 Å². The number of alkyl carbamates (subject to hydrolysis) is 1. The molecule has 1 aliphatic heterocycles. The zero-order chi connectivity index (χ0) is 20.2. The first-order chi connectivity index (χ1) is 14.1. The van der Waals surface area contributed by atoms with Crippen LogP contribution in [0, 0.1) is 11.8 Å². The van der Waals surface area contributed by atoms with Gasteiger partial charge in [-0.3, -0.25) is 4.79 Å². The Kier molecular flexibility index (Phi) is 5.81. The minimum absolute atomic E-state index is 0.00939. The number of nitrogens with one attached hydrogen (secondary N) is 1. The third-order valence-electron chi connectivity index (χ3n) is 5.96. The quantitative estimate of drug-likeness (QED) is 0.780. The van der Waals surface area contributed by atoms with Gasteiger partial charge in [-0.2, -0.15) is 0 Å². The summed E-state index contributed by atoms with van der Waals surface area (Å²) in [4.78, 5) is 23.9. The van der Waals surface area contributed by atoms with Crippen LogP contribution in [-0.4, -0.2) is 43.5 Å². The number of carboxylic acid groups (broad SMARTS) is 1. The van der Waals surface area contributed by atoms with Crippen LogP contribution in [0.1, 0.15) is 29.9 Å². The van der Waals surface area contributed by atoms with Crippen molar-refractivity contribution in [1.82, 2.24) is 5.32 Å². The Bertz CT molecular complexity index is 845. The minimum Gasteiger partial charge on any atom is -0.481 e. The van der Waals surface area contributed by atoms with Crippen molar-refractivity contribution in [3.63, 3.8) is 0 Å². The number of fused-ring (bicyclic) bond motifs is 3. The van der Waals surface area contributed by atoms with Crippen LogP contribution in [-0.2, 0) is 14.3 Å². The molecule has 2 aromatic carbocycles. The molecule has 2 aliphatic rings. The summed E-state index contributed by atoms with van der Waals surface area (Å²) >= 11 is 0. The fourth-order valence-corrected chi connectivity index (χ4v) is 4.42. The van der Waals surface area contributed by atoms with Crippen LogP contribution in [0.4, 0.5) is 4.79 Å². The lowest BCUT2D eigenvalue weighted by Crippen LogP contribution is -2.39. The van der Waals surface area contributed by atoms with E-state index in [2.05, 4.69) is 29.6 Å². The van der Waals surface area contributed by atoms with E-state index in [9.17, 15) is 14.7 Å². The van der Waals surface area contributed by atoms with Crippen LogP contribution in [0.5, 0.6) is 0 Å². The van der Waals surface area contributed by atoms with Crippen molar-refractivity contribution in [2.45, 2.75) is 18.8 Å². The zero-order valence-corrected chi connectivity index (χ0v) is 16.2. The van der Waals surface area contributed by atoms with E-state index in [-0.39, 0.29) is 25.0 Å². The number of carboxylic acids is 1. The smallest absolute Gasteiger partial charge is 0.407 e. The Labute approximate surface area is 169 Å². The first-order valence-corrected chi connectivity index (χ1v) is 10.0. The summed E-state index contributed by atoms with van der Waals surface area (Å²) in [5, 5.41) is 12.2. The molecule has 152 valence electrons. The van der Waals surface area contributed by atoms with Crippen LogP contribution in [0.3, 0.4) is 0 Å². The van der Waals surface area contributed by atoms with Crippen molar-refractivity contribution < 1.29 is 24.2 Å². The van der Waals surface area contributed by atoms with Gasteiger partial charge in [0.25, 0.3) is 0 Å². The van der Waals surface area contributed by atoms with Crippen LogP contribution in [0.15, 0.2) is 48.5 Å². The van der Waals surface area contributed by atoms with Crippen LogP contribution >= 0.6 is 0 Å². The van der Waals surface area contributed by atoms with Crippen molar-refractivity contribution in [1.29, 1.82) is 0 Å². The molecule has 2 aromatic rings. The third-order valence-corrected chi connectivity index (χ3v) is 5.96. The monoisotopic (exact) mass is 395 g/mol. The second-order valence-electron chi connectivity index (χ2n) is 7.60. The molecule has 0 bridgehead atoms.